The number of amides is 1. The molecule has 3 heterocycles. The maximum atomic E-state index is 14.7. The number of carbonyl (C=O) groups is 1. The van der Waals surface area contributed by atoms with Crippen LogP contribution in [0.15, 0.2) is 65.7 Å². The largest absolute Gasteiger partial charge is 0.493 e. The Bertz CT molecular complexity index is 2000. The van der Waals surface area contributed by atoms with Crippen molar-refractivity contribution in [3.8, 4) is 28.8 Å². The summed E-state index contributed by atoms with van der Waals surface area (Å²) >= 11 is 0. The highest BCUT2D eigenvalue weighted by Gasteiger charge is 2.36. The summed E-state index contributed by atoms with van der Waals surface area (Å²) in [4.78, 5) is 35.1. The smallest absolute Gasteiger partial charge is 0.420 e. The van der Waals surface area contributed by atoms with Gasteiger partial charge >= 0.3 is 6.18 Å². The molecule has 3 aromatic carbocycles. The van der Waals surface area contributed by atoms with Gasteiger partial charge in [0.05, 0.1) is 30.8 Å². The second kappa shape index (κ2) is 11.6. The predicted molar refractivity (Wildman–Crippen MR) is 155 cm³/mol. The van der Waals surface area contributed by atoms with Crippen molar-refractivity contribution in [3.63, 3.8) is 0 Å². The Balaban J connectivity index is 1.36. The topological polar surface area (TPSA) is 110 Å². The lowest BCUT2D eigenvalue weighted by atomic mass is 10.1. The molecule has 1 aliphatic heterocycles. The van der Waals surface area contributed by atoms with E-state index < -0.39 is 34.8 Å². The predicted octanol–water partition coefficient (Wildman–Crippen LogP) is 6.14. The zero-order valence-electron chi connectivity index (χ0n) is 23.9. The zero-order valence-corrected chi connectivity index (χ0v) is 23.9. The van der Waals surface area contributed by atoms with Gasteiger partial charge in [0, 0.05) is 18.3 Å². The van der Waals surface area contributed by atoms with E-state index in [-0.39, 0.29) is 28.2 Å². The monoisotopic (exact) mass is 623 g/mol. The molecule has 0 atom stereocenters. The Labute approximate surface area is 252 Å². The van der Waals surface area contributed by atoms with Crippen LogP contribution in [0.1, 0.15) is 34.5 Å². The SMILES string of the molecule is COc1cc2ncnc(Oc3ccc(NC(=O)c4c5n(n(-c6ccccc6F)c4=O)CCCC5)cc3C(F)(F)F)c2cc1OC. The molecule has 0 saturated carbocycles. The maximum Gasteiger partial charge on any atom is 0.420 e. The molecular formula is C31H25F4N5O5. The number of nitrogens with zero attached hydrogens (tertiary/aromatic N) is 4. The molecule has 0 radical (unpaired) electrons. The van der Waals surface area contributed by atoms with Gasteiger partial charge in [0.25, 0.3) is 11.5 Å². The van der Waals surface area contributed by atoms with Crippen molar-refractivity contribution in [1.82, 2.24) is 19.3 Å². The Kier molecular flexibility index (Phi) is 7.64. The van der Waals surface area contributed by atoms with Gasteiger partial charge in [-0.2, -0.15) is 13.2 Å². The van der Waals surface area contributed by atoms with Crippen LogP contribution in [-0.2, 0) is 19.1 Å². The van der Waals surface area contributed by atoms with E-state index in [1.807, 2.05) is 0 Å². The maximum absolute atomic E-state index is 14.7. The molecule has 1 aliphatic rings. The molecule has 10 nitrogen and oxygen atoms in total. The summed E-state index contributed by atoms with van der Waals surface area (Å²) < 4.78 is 76.4. The lowest BCUT2D eigenvalue weighted by Gasteiger charge is -2.19. The van der Waals surface area contributed by atoms with Gasteiger partial charge in [0.2, 0.25) is 5.88 Å². The van der Waals surface area contributed by atoms with Crippen LogP contribution in [0.3, 0.4) is 0 Å². The molecule has 0 bridgehead atoms. The molecule has 1 amide bonds. The standard InChI is InChI=1S/C31H25F4N5O5/c1-43-25-14-18-21(15-26(25)44-2)36-16-37-29(18)45-24-11-10-17(13-19(24)31(33,34)35)38-28(41)27-23-9-5-6-12-39(23)40(30(27)42)22-8-4-3-7-20(22)32/h3-4,7-8,10-11,13-16H,5-6,9,12H2,1-2H3,(H,38,41). The number of para-hydroxylation sites is 1. The van der Waals surface area contributed by atoms with Crippen LogP contribution in [0.2, 0.25) is 0 Å². The molecule has 5 aromatic rings. The third kappa shape index (κ3) is 5.43. The van der Waals surface area contributed by atoms with E-state index in [2.05, 4.69) is 15.3 Å². The van der Waals surface area contributed by atoms with E-state index in [1.165, 1.54) is 50.6 Å². The fourth-order valence-electron chi connectivity index (χ4n) is 5.38. The molecule has 0 unspecified atom stereocenters. The van der Waals surface area contributed by atoms with Crippen LogP contribution in [-0.4, -0.2) is 39.5 Å². The number of nitrogens with one attached hydrogen (secondary N) is 1. The van der Waals surface area contributed by atoms with Crippen LogP contribution >= 0.6 is 0 Å². The number of methoxy groups -OCH3 is 2. The summed E-state index contributed by atoms with van der Waals surface area (Å²) in [5.41, 5.74) is -1.77. The first-order valence-corrected chi connectivity index (χ1v) is 13.8. The van der Waals surface area contributed by atoms with Crippen molar-refractivity contribution in [2.75, 3.05) is 19.5 Å². The molecule has 0 spiro atoms. The highest BCUT2D eigenvalue weighted by Crippen LogP contribution is 2.41. The van der Waals surface area contributed by atoms with Gasteiger partial charge in [-0.25, -0.2) is 19.0 Å². The van der Waals surface area contributed by atoms with Crippen LogP contribution < -0.4 is 25.1 Å². The number of hydrogen-bond donors (Lipinski definition) is 1. The first-order chi connectivity index (χ1) is 21.6. The third-order valence-corrected chi connectivity index (χ3v) is 7.44. The first kappa shape index (κ1) is 29.7. The molecule has 0 fully saturated rings. The van der Waals surface area contributed by atoms with Gasteiger partial charge in [-0.05, 0) is 55.7 Å². The van der Waals surface area contributed by atoms with Crippen LogP contribution in [0.4, 0.5) is 23.2 Å². The number of ether oxygens (including phenoxy) is 3. The first-order valence-electron chi connectivity index (χ1n) is 13.8. The lowest BCUT2D eigenvalue weighted by molar-refractivity contribution is -0.138. The minimum absolute atomic E-state index is 0.0288. The highest BCUT2D eigenvalue weighted by molar-refractivity contribution is 6.05. The molecule has 1 N–H and O–H groups in total. The Morgan fingerprint density at radius 2 is 1.71 bits per heavy atom. The second-order valence-electron chi connectivity index (χ2n) is 10.1. The Hall–Kier alpha value is -5.40. The van der Waals surface area contributed by atoms with Crippen LogP contribution in [0.5, 0.6) is 23.1 Å². The Morgan fingerprint density at radius 1 is 0.956 bits per heavy atom. The number of anilines is 1. The average Bonchev–Trinajstić information content (AvgIpc) is 3.32. The second-order valence-corrected chi connectivity index (χ2v) is 10.1. The average molecular weight is 624 g/mol. The third-order valence-electron chi connectivity index (χ3n) is 7.44. The number of fused-ring (bicyclic) bond motifs is 2. The van der Waals surface area contributed by atoms with Crippen molar-refractivity contribution in [1.29, 1.82) is 0 Å². The van der Waals surface area contributed by atoms with Gasteiger partial charge in [-0.3, -0.25) is 14.3 Å². The number of benzene rings is 3. The van der Waals surface area contributed by atoms with Crippen LogP contribution in [0, 0.1) is 5.82 Å². The van der Waals surface area contributed by atoms with Crippen molar-refractivity contribution >= 4 is 22.5 Å². The zero-order chi connectivity index (χ0) is 31.9. The molecule has 232 valence electrons. The van der Waals surface area contributed by atoms with Crippen molar-refractivity contribution < 1.29 is 36.6 Å². The van der Waals surface area contributed by atoms with Gasteiger partial charge in [-0.15, -0.1) is 0 Å². The number of rotatable bonds is 7. The molecular weight excluding hydrogens is 598 g/mol. The quantitative estimate of drug-likeness (QED) is 0.217. The van der Waals surface area contributed by atoms with E-state index in [0.717, 1.165) is 17.1 Å². The van der Waals surface area contributed by atoms with Crippen molar-refractivity contribution in [3.05, 3.63) is 93.9 Å². The van der Waals surface area contributed by atoms with Gasteiger partial charge in [-0.1, -0.05) is 12.1 Å². The fourth-order valence-corrected chi connectivity index (χ4v) is 5.38. The number of hydrogen-bond acceptors (Lipinski definition) is 7. The van der Waals surface area contributed by atoms with Gasteiger partial charge < -0.3 is 19.5 Å². The summed E-state index contributed by atoms with van der Waals surface area (Å²) in [7, 11) is 2.84. The minimum atomic E-state index is -4.90. The fraction of sp³-hybridized carbons (Fsp3) is 0.226. The molecule has 0 saturated heterocycles. The Morgan fingerprint density at radius 3 is 2.44 bits per heavy atom. The number of alkyl halides is 3. The molecule has 2 aromatic heterocycles. The number of carbonyl (C=O) groups excluding carboxylic acids is 1. The summed E-state index contributed by atoms with van der Waals surface area (Å²) in [6.45, 7) is 0.368. The van der Waals surface area contributed by atoms with Gasteiger partial charge in [0.15, 0.2) is 11.5 Å². The normalized spacial score (nSPS) is 12.9. The van der Waals surface area contributed by atoms with Crippen molar-refractivity contribution in [2.24, 2.45) is 0 Å². The summed E-state index contributed by atoms with van der Waals surface area (Å²) in [6.07, 6.45) is -2.01. The minimum Gasteiger partial charge on any atom is -0.493 e. The molecule has 14 heteroatoms. The molecule has 45 heavy (non-hydrogen) atoms. The van der Waals surface area contributed by atoms with Crippen molar-refractivity contribution in [2.45, 2.75) is 32.0 Å². The summed E-state index contributed by atoms with van der Waals surface area (Å²) in [5.74, 6) is -1.67. The summed E-state index contributed by atoms with van der Waals surface area (Å²) in [5, 5.41) is 2.69. The van der Waals surface area contributed by atoms with E-state index in [0.29, 0.717) is 54.6 Å². The van der Waals surface area contributed by atoms with E-state index in [1.54, 1.807) is 10.7 Å². The highest BCUT2D eigenvalue weighted by atomic mass is 19.4. The summed E-state index contributed by atoms with van der Waals surface area (Å²) in [6, 6.07) is 11.6. The number of halogens is 4. The molecule has 0 aliphatic carbocycles. The number of aromatic nitrogens is 4. The van der Waals surface area contributed by atoms with Gasteiger partial charge in [0.1, 0.15) is 34.7 Å². The van der Waals surface area contributed by atoms with E-state index >= 15 is 0 Å². The van der Waals surface area contributed by atoms with Crippen LogP contribution in [0.25, 0.3) is 16.6 Å². The molecule has 6 rings (SSSR count). The van der Waals surface area contributed by atoms with E-state index in [4.69, 9.17) is 14.2 Å². The lowest BCUT2D eigenvalue weighted by Crippen LogP contribution is -2.26. The van der Waals surface area contributed by atoms with E-state index in [9.17, 15) is 27.2 Å².